The van der Waals surface area contributed by atoms with Crippen molar-refractivity contribution in [3.63, 3.8) is 0 Å². The number of sulfonamides is 1. The number of aromatic nitrogens is 3. The van der Waals surface area contributed by atoms with Crippen LogP contribution in [0.2, 0.25) is 0 Å². The lowest BCUT2D eigenvalue weighted by Gasteiger charge is -2.34. The van der Waals surface area contributed by atoms with Gasteiger partial charge in [0.25, 0.3) is 11.2 Å². The largest absolute Gasteiger partial charge is 0.354 e. The number of fused-ring (bicyclic) bond motifs is 1. The van der Waals surface area contributed by atoms with E-state index in [-0.39, 0.29) is 29.2 Å². The molecule has 5 rings (SSSR count). The van der Waals surface area contributed by atoms with E-state index in [1.165, 1.54) is 50.5 Å². The molecule has 11 nitrogen and oxygen atoms in total. The lowest BCUT2D eigenvalue weighted by Crippen LogP contribution is -2.49. The highest BCUT2D eigenvalue weighted by Crippen LogP contribution is 2.26. The molecule has 0 amide bonds. The standard InChI is InChI=1S/C21H18N6O5S2/c28-19-14-18(22-21-26(19)23-20(33-21)15-4-2-1-3-5-15)24-10-12-25(13-11-24)34(31,32)17-8-6-16(7-9-17)27(29)30/h1-9,14H,10-13H2. The summed E-state index contributed by atoms with van der Waals surface area (Å²) >= 11 is 1.31. The Morgan fingerprint density at radius 2 is 1.65 bits per heavy atom. The lowest BCUT2D eigenvalue weighted by molar-refractivity contribution is -0.384. The van der Waals surface area contributed by atoms with Gasteiger partial charge in [0, 0.05) is 49.9 Å². The van der Waals surface area contributed by atoms with Gasteiger partial charge in [-0.05, 0) is 12.1 Å². The maximum Gasteiger partial charge on any atom is 0.277 e. The zero-order chi connectivity index (χ0) is 23.9. The molecule has 0 N–H and O–H groups in total. The van der Waals surface area contributed by atoms with E-state index in [2.05, 4.69) is 10.1 Å². The first kappa shape index (κ1) is 22.1. The third-order valence-electron chi connectivity index (χ3n) is 5.50. The minimum atomic E-state index is -3.79. The van der Waals surface area contributed by atoms with Crippen LogP contribution in [0.1, 0.15) is 0 Å². The maximum absolute atomic E-state index is 12.9. The van der Waals surface area contributed by atoms with E-state index in [0.717, 1.165) is 5.56 Å². The summed E-state index contributed by atoms with van der Waals surface area (Å²) in [4.78, 5) is 29.8. The maximum atomic E-state index is 12.9. The van der Waals surface area contributed by atoms with Gasteiger partial charge in [0.15, 0.2) is 0 Å². The SMILES string of the molecule is O=c1cc(N2CCN(S(=O)(=O)c3ccc([N+](=O)[O-])cc3)CC2)nc2sc(-c3ccccc3)nn12. The predicted molar refractivity (Wildman–Crippen MR) is 127 cm³/mol. The topological polar surface area (TPSA) is 131 Å². The second kappa shape index (κ2) is 8.59. The smallest absolute Gasteiger partial charge is 0.277 e. The van der Waals surface area contributed by atoms with Gasteiger partial charge in [0.05, 0.1) is 9.82 Å². The molecule has 0 aliphatic carbocycles. The molecule has 174 valence electrons. The van der Waals surface area contributed by atoms with Gasteiger partial charge >= 0.3 is 0 Å². The van der Waals surface area contributed by atoms with Gasteiger partial charge in [-0.25, -0.2) is 13.4 Å². The van der Waals surface area contributed by atoms with Crippen molar-refractivity contribution in [3.05, 3.63) is 81.1 Å². The molecule has 13 heteroatoms. The molecule has 2 aromatic heterocycles. The highest BCUT2D eigenvalue weighted by molar-refractivity contribution is 7.89. The molecule has 4 aromatic rings. The summed E-state index contributed by atoms with van der Waals surface area (Å²) in [5.41, 5.74) is 0.415. The third kappa shape index (κ3) is 4.04. The molecule has 0 radical (unpaired) electrons. The normalized spacial score (nSPS) is 15.0. The molecule has 34 heavy (non-hydrogen) atoms. The fourth-order valence-corrected chi connectivity index (χ4v) is 6.03. The van der Waals surface area contributed by atoms with Crippen molar-refractivity contribution in [1.29, 1.82) is 0 Å². The van der Waals surface area contributed by atoms with Crippen LogP contribution in [0.3, 0.4) is 0 Å². The fourth-order valence-electron chi connectivity index (χ4n) is 3.71. The molecule has 0 bridgehead atoms. The first-order valence-corrected chi connectivity index (χ1v) is 12.5. The van der Waals surface area contributed by atoms with Crippen molar-refractivity contribution in [1.82, 2.24) is 18.9 Å². The number of non-ortho nitro benzene ring substituents is 1. The van der Waals surface area contributed by atoms with Crippen LogP contribution in [-0.4, -0.2) is 58.4 Å². The Kier molecular flexibility index (Phi) is 5.59. The molecule has 0 spiro atoms. The van der Waals surface area contributed by atoms with E-state index in [0.29, 0.717) is 28.9 Å². The predicted octanol–water partition coefficient (Wildman–Crippen LogP) is 2.24. The number of piperazine rings is 1. The van der Waals surface area contributed by atoms with Crippen LogP contribution < -0.4 is 10.5 Å². The van der Waals surface area contributed by atoms with Gasteiger partial charge in [0.2, 0.25) is 15.0 Å². The molecule has 3 heterocycles. The zero-order valence-corrected chi connectivity index (χ0v) is 19.3. The average molecular weight is 499 g/mol. The van der Waals surface area contributed by atoms with Crippen LogP contribution in [0.15, 0.2) is 70.4 Å². The number of anilines is 1. The van der Waals surface area contributed by atoms with Crippen molar-refractivity contribution in [3.8, 4) is 10.6 Å². The second-order valence-electron chi connectivity index (χ2n) is 7.56. The first-order chi connectivity index (χ1) is 16.3. The first-order valence-electron chi connectivity index (χ1n) is 10.3. The molecule has 1 fully saturated rings. The van der Waals surface area contributed by atoms with E-state index < -0.39 is 14.9 Å². The van der Waals surface area contributed by atoms with Crippen LogP contribution in [0.4, 0.5) is 11.5 Å². The Morgan fingerprint density at radius 3 is 2.29 bits per heavy atom. The van der Waals surface area contributed by atoms with Crippen LogP contribution >= 0.6 is 11.3 Å². The summed E-state index contributed by atoms with van der Waals surface area (Å²) in [7, 11) is -3.79. The minimum absolute atomic E-state index is 0.00226. The monoisotopic (exact) mass is 498 g/mol. The summed E-state index contributed by atoms with van der Waals surface area (Å²) in [6.07, 6.45) is 0. The summed E-state index contributed by atoms with van der Waals surface area (Å²) < 4.78 is 28.5. The quantitative estimate of drug-likeness (QED) is 0.302. The molecule has 1 saturated heterocycles. The van der Waals surface area contributed by atoms with Crippen molar-refractivity contribution < 1.29 is 13.3 Å². The van der Waals surface area contributed by atoms with Crippen LogP contribution in [0.25, 0.3) is 15.5 Å². The number of hydrogen-bond donors (Lipinski definition) is 0. The molecule has 1 aliphatic rings. The van der Waals surface area contributed by atoms with E-state index in [4.69, 9.17) is 0 Å². The van der Waals surface area contributed by atoms with Crippen LogP contribution in [0, 0.1) is 10.1 Å². The van der Waals surface area contributed by atoms with Gasteiger partial charge in [-0.2, -0.15) is 13.9 Å². The number of nitro groups is 1. The Morgan fingerprint density at radius 1 is 0.971 bits per heavy atom. The van der Waals surface area contributed by atoms with Gasteiger partial charge in [-0.3, -0.25) is 14.9 Å². The molecule has 0 unspecified atom stereocenters. The Labute approximate surface area is 197 Å². The average Bonchev–Trinajstić information content (AvgIpc) is 3.30. The molecule has 1 aliphatic heterocycles. The summed E-state index contributed by atoms with van der Waals surface area (Å²) in [5.74, 6) is 0.473. The van der Waals surface area contributed by atoms with Crippen LogP contribution in [0.5, 0.6) is 0 Å². The van der Waals surface area contributed by atoms with Gasteiger partial charge in [-0.1, -0.05) is 41.7 Å². The van der Waals surface area contributed by atoms with Gasteiger partial charge in [0.1, 0.15) is 10.8 Å². The van der Waals surface area contributed by atoms with Gasteiger partial charge < -0.3 is 4.90 Å². The van der Waals surface area contributed by atoms with Crippen molar-refractivity contribution in [2.75, 3.05) is 31.1 Å². The van der Waals surface area contributed by atoms with Gasteiger partial charge in [-0.15, -0.1) is 0 Å². The van der Waals surface area contributed by atoms with Crippen LogP contribution in [-0.2, 0) is 10.0 Å². The molecule has 2 aromatic carbocycles. The van der Waals surface area contributed by atoms with E-state index in [1.807, 2.05) is 35.2 Å². The number of rotatable bonds is 5. The highest BCUT2D eigenvalue weighted by atomic mass is 32.2. The fraction of sp³-hybridized carbons (Fsp3) is 0.190. The molecular weight excluding hydrogens is 480 g/mol. The van der Waals surface area contributed by atoms with E-state index in [9.17, 15) is 23.3 Å². The zero-order valence-electron chi connectivity index (χ0n) is 17.6. The van der Waals surface area contributed by atoms with Crippen molar-refractivity contribution in [2.24, 2.45) is 0 Å². The molecule has 0 atom stereocenters. The number of nitro benzene ring substituents is 1. The Bertz CT molecular complexity index is 1530. The van der Waals surface area contributed by atoms with E-state index >= 15 is 0 Å². The second-order valence-corrected chi connectivity index (χ2v) is 10.5. The number of nitrogens with zero attached hydrogens (tertiary/aromatic N) is 6. The summed E-state index contributed by atoms with van der Waals surface area (Å²) in [6.45, 7) is 1.08. The number of hydrogen-bond acceptors (Lipinski definition) is 9. The van der Waals surface area contributed by atoms with E-state index in [1.54, 1.807) is 0 Å². The minimum Gasteiger partial charge on any atom is -0.354 e. The molecule has 0 saturated carbocycles. The summed E-state index contributed by atoms with van der Waals surface area (Å²) in [5, 5.41) is 15.9. The highest BCUT2D eigenvalue weighted by Gasteiger charge is 2.29. The lowest BCUT2D eigenvalue weighted by atomic mass is 10.2. The van der Waals surface area contributed by atoms with Crippen molar-refractivity contribution in [2.45, 2.75) is 4.90 Å². The van der Waals surface area contributed by atoms with Crippen molar-refractivity contribution >= 4 is 37.8 Å². The summed E-state index contributed by atoms with van der Waals surface area (Å²) in [6, 6.07) is 15.8. The third-order valence-corrected chi connectivity index (χ3v) is 8.37. The Balaban J connectivity index is 1.34. The number of benzene rings is 2. The molecular formula is C21H18N6O5S2. The Hall–Kier alpha value is -3.68.